The first-order valence-electron chi connectivity index (χ1n) is 16.0. The Kier molecular flexibility index (Phi) is 6.75. The van der Waals surface area contributed by atoms with Crippen LogP contribution in [0.2, 0.25) is 0 Å². The summed E-state index contributed by atoms with van der Waals surface area (Å²) in [6.07, 6.45) is 0. The highest BCUT2D eigenvalue weighted by Crippen LogP contribution is 2.38. The van der Waals surface area contributed by atoms with Gasteiger partial charge in [-0.2, -0.15) is 0 Å². The van der Waals surface area contributed by atoms with Gasteiger partial charge in [-0.1, -0.05) is 109 Å². The Bertz CT molecular complexity index is 2070. The predicted octanol–water partition coefficient (Wildman–Crippen LogP) is 10.1. The molecule has 2 heterocycles. The van der Waals surface area contributed by atoms with Crippen molar-refractivity contribution in [3.63, 3.8) is 0 Å². The first kappa shape index (κ1) is 28.6. The van der Waals surface area contributed by atoms with Crippen molar-refractivity contribution in [3.8, 4) is 39.1 Å². The second kappa shape index (κ2) is 10.9. The molecule has 1 aliphatic heterocycles. The van der Waals surface area contributed by atoms with Crippen LogP contribution in [0.1, 0.15) is 27.7 Å². The number of hydrogen-bond acceptors (Lipinski definition) is 2. The Morgan fingerprint density at radius 1 is 0.435 bits per heavy atom. The van der Waals surface area contributed by atoms with E-state index in [1.165, 1.54) is 49.6 Å². The Hall–Kier alpha value is -4.90. The summed E-state index contributed by atoms with van der Waals surface area (Å²) >= 11 is 0. The van der Waals surface area contributed by atoms with Crippen LogP contribution < -0.4 is 5.46 Å². The van der Waals surface area contributed by atoms with Crippen molar-refractivity contribution in [2.45, 2.75) is 38.9 Å². The standard InChI is InChI=1S/C42H36BNO2/c1-41(2)42(3,4)46-43(45-41)35-21-15-31(16-22-35)32-17-23-36(24-18-32)44-39-25-19-33(29-11-7-5-8-12-29)27-37(39)38-28-34(20-26-40(38)44)30-13-9-6-10-14-30/h5-28H,1-4H3. The van der Waals surface area contributed by atoms with E-state index in [1.807, 2.05) is 0 Å². The van der Waals surface area contributed by atoms with Crippen LogP contribution in [0.5, 0.6) is 0 Å². The highest BCUT2D eigenvalue weighted by Gasteiger charge is 2.51. The fraction of sp³-hybridized carbons (Fsp3) is 0.143. The topological polar surface area (TPSA) is 23.4 Å². The van der Waals surface area contributed by atoms with Gasteiger partial charge in [-0.15, -0.1) is 0 Å². The van der Waals surface area contributed by atoms with Gasteiger partial charge in [0.05, 0.1) is 22.2 Å². The Balaban J connectivity index is 1.18. The van der Waals surface area contributed by atoms with Gasteiger partial charge >= 0.3 is 7.12 Å². The molecule has 1 saturated heterocycles. The average molecular weight is 598 g/mol. The molecular weight excluding hydrogens is 561 g/mol. The molecule has 1 aliphatic rings. The maximum atomic E-state index is 6.26. The van der Waals surface area contributed by atoms with Gasteiger partial charge in [-0.3, -0.25) is 0 Å². The first-order valence-corrected chi connectivity index (χ1v) is 16.0. The van der Waals surface area contributed by atoms with Crippen molar-refractivity contribution in [1.82, 2.24) is 4.57 Å². The summed E-state index contributed by atoms with van der Waals surface area (Å²) < 4.78 is 14.9. The maximum absolute atomic E-state index is 6.26. The number of fused-ring (bicyclic) bond motifs is 3. The van der Waals surface area contributed by atoms with Crippen molar-refractivity contribution in [2.75, 3.05) is 0 Å². The van der Waals surface area contributed by atoms with E-state index in [2.05, 4.69) is 178 Å². The smallest absolute Gasteiger partial charge is 0.399 e. The highest BCUT2D eigenvalue weighted by molar-refractivity contribution is 6.62. The zero-order valence-electron chi connectivity index (χ0n) is 26.7. The van der Waals surface area contributed by atoms with E-state index in [9.17, 15) is 0 Å². The molecule has 6 aromatic carbocycles. The van der Waals surface area contributed by atoms with Crippen LogP contribution in [0.4, 0.5) is 0 Å². The predicted molar refractivity (Wildman–Crippen MR) is 193 cm³/mol. The summed E-state index contributed by atoms with van der Waals surface area (Å²) in [5.74, 6) is 0. The number of hydrogen-bond donors (Lipinski definition) is 0. The van der Waals surface area contributed by atoms with Crippen LogP contribution in [-0.4, -0.2) is 22.9 Å². The molecule has 1 fully saturated rings. The van der Waals surface area contributed by atoms with Crippen molar-refractivity contribution in [3.05, 3.63) is 146 Å². The number of benzene rings is 6. The van der Waals surface area contributed by atoms with Crippen LogP contribution in [0, 0.1) is 0 Å². The molecule has 46 heavy (non-hydrogen) atoms. The van der Waals surface area contributed by atoms with Crippen molar-refractivity contribution >= 4 is 34.4 Å². The lowest BCUT2D eigenvalue weighted by molar-refractivity contribution is 0.00578. The Morgan fingerprint density at radius 3 is 1.28 bits per heavy atom. The molecule has 0 amide bonds. The minimum absolute atomic E-state index is 0.356. The molecule has 0 N–H and O–H groups in total. The lowest BCUT2D eigenvalue weighted by Crippen LogP contribution is -2.41. The largest absolute Gasteiger partial charge is 0.494 e. The van der Waals surface area contributed by atoms with Gasteiger partial charge in [0.15, 0.2) is 0 Å². The van der Waals surface area contributed by atoms with Crippen LogP contribution in [0.15, 0.2) is 146 Å². The van der Waals surface area contributed by atoms with E-state index < -0.39 is 0 Å². The van der Waals surface area contributed by atoms with Gasteiger partial charge in [0.25, 0.3) is 0 Å². The quantitative estimate of drug-likeness (QED) is 0.184. The summed E-state index contributed by atoms with van der Waals surface area (Å²) in [5, 5.41) is 2.49. The second-order valence-electron chi connectivity index (χ2n) is 13.3. The number of aromatic nitrogens is 1. The third kappa shape index (κ3) is 4.86. The minimum atomic E-state index is -0.360. The van der Waals surface area contributed by atoms with Gasteiger partial charge < -0.3 is 13.9 Å². The lowest BCUT2D eigenvalue weighted by atomic mass is 9.78. The number of nitrogens with zero attached hydrogens (tertiary/aromatic N) is 1. The summed E-state index contributed by atoms with van der Waals surface area (Å²) in [5.41, 5.74) is 11.1. The van der Waals surface area contributed by atoms with Crippen molar-refractivity contribution < 1.29 is 9.31 Å². The normalized spacial score (nSPS) is 15.5. The molecule has 3 nitrogen and oxygen atoms in total. The third-order valence-corrected chi connectivity index (χ3v) is 9.87. The van der Waals surface area contributed by atoms with Crippen LogP contribution in [0.25, 0.3) is 60.9 Å². The van der Waals surface area contributed by atoms with E-state index in [0.29, 0.717) is 0 Å². The molecule has 8 rings (SSSR count). The van der Waals surface area contributed by atoms with E-state index in [4.69, 9.17) is 9.31 Å². The van der Waals surface area contributed by atoms with Crippen LogP contribution in [0.3, 0.4) is 0 Å². The maximum Gasteiger partial charge on any atom is 0.494 e. The van der Waals surface area contributed by atoms with Gasteiger partial charge in [0, 0.05) is 16.5 Å². The molecule has 0 aliphatic carbocycles. The molecule has 0 radical (unpaired) electrons. The van der Waals surface area contributed by atoms with Gasteiger partial charge in [-0.05, 0) is 103 Å². The molecule has 0 saturated carbocycles. The minimum Gasteiger partial charge on any atom is -0.399 e. The summed E-state index contributed by atoms with van der Waals surface area (Å²) in [6.45, 7) is 8.35. The van der Waals surface area contributed by atoms with Crippen LogP contribution >= 0.6 is 0 Å². The van der Waals surface area contributed by atoms with Gasteiger partial charge in [0.1, 0.15) is 0 Å². The average Bonchev–Trinajstić information content (AvgIpc) is 3.53. The molecule has 0 bridgehead atoms. The molecule has 1 aromatic heterocycles. The summed E-state index contributed by atoms with van der Waals surface area (Å²) in [4.78, 5) is 0. The third-order valence-electron chi connectivity index (χ3n) is 9.87. The van der Waals surface area contributed by atoms with E-state index in [1.54, 1.807) is 0 Å². The summed E-state index contributed by atoms with van der Waals surface area (Å²) in [7, 11) is -0.360. The molecule has 0 unspecified atom stereocenters. The fourth-order valence-electron chi connectivity index (χ4n) is 6.54. The molecule has 224 valence electrons. The van der Waals surface area contributed by atoms with Crippen molar-refractivity contribution in [2.24, 2.45) is 0 Å². The monoisotopic (exact) mass is 597 g/mol. The Labute approximate surface area is 271 Å². The molecule has 0 atom stereocenters. The first-order chi connectivity index (χ1) is 22.3. The molecule has 4 heteroatoms. The molecular formula is C42H36BNO2. The highest BCUT2D eigenvalue weighted by atomic mass is 16.7. The van der Waals surface area contributed by atoms with E-state index in [-0.39, 0.29) is 18.3 Å². The van der Waals surface area contributed by atoms with E-state index in [0.717, 1.165) is 16.7 Å². The fourth-order valence-corrected chi connectivity index (χ4v) is 6.54. The van der Waals surface area contributed by atoms with E-state index >= 15 is 0 Å². The Morgan fingerprint density at radius 2 is 0.826 bits per heavy atom. The molecule has 0 spiro atoms. The summed E-state index contributed by atoms with van der Waals surface area (Å²) in [6, 6.07) is 52.4. The van der Waals surface area contributed by atoms with Gasteiger partial charge in [0.2, 0.25) is 0 Å². The van der Waals surface area contributed by atoms with Gasteiger partial charge in [-0.25, -0.2) is 0 Å². The van der Waals surface area contributed by atoms with Crippen molar-refractivity contribution in [1.29, 1.82) is 0 Å². The second-order valence-corrected chi connectivity index (χ2v) is 13.3. The lowest BCUT2D eigenvalue weighted by Gasteiger charge is -2.32. The zero-order valence-corrected chi connectivity index (χ0v) is 26.7. The number of rotatable bonds is 5. The SMILES string of the molecule is CC1(C)OB(c2ccc(-c3ccc(-n4c5ccc(-c6ccccc6)cc5c5cc(-c6ccccc6)ccc54)cc3)cc2)OC1(C)C. The molecule has 7 aromatic rings. The van der Waals surface area contributed by atoms with Crippen LogP contribution in [-0.2, 0) is 9.31 Å². The zero-order chi connectivity index (χ0) is 31.5.